The lowest BCUT2D eigenvalue weighted by Crippen LogP contribution is -2.60. The van der Waals surface area contributed by atoms with Crippen LogP contribution in [0.25, 0.3) is 0 Å². The average molecular weight is 335 g/mol. The molecule has 2 aliphatic rings. The summed E-state index contributed by atoms with van der Waals surface area (Å²) >= 11 is 0. The van der Waals surface area contributed by atoms with E-state index in [0.717, 1.165) is 19.3 Å². The summed E-state index contributed by atoms with van der Waals surface area (Å²) < 4.78 is 0. The van der Waals surface area contributed by atoms with Crippen molar-refractivity contribution in [3.63, 3.8) is 0 Å². The van der Waals surface area contributed by atoms with E-state index >= 15 is 0 Å². The van der Waals surface area contributed by atoms with Gasteiger partial charge in [-0.2, -0.15) is 0 Å². The zero-order valence-corrected chi connectivity index (χ0v) is 15.6. The molecule has 24 heavy (non-hydrogen) atoms. The number of ketones is 1. The van der Waals surface area contributed by atoms with Gasteiger partial charge in [-0.15, -0.1) is 0 Å². The normalized spacial score (nSPS) is 33.4. The van der Waals surface area contributed by atoms with Crippen LogP contribution < -0.4 is 0 Å². The fourth-order valence-corrected chi connectivity index (χ4v) is 4.70. The van der Waals surface area contributed by atoms with Crippen molar-refractivity contribution in [1.29, 1.82) is 0 Å². The molecule has 2 N–H and O–H groups in total. The fourth-order valence-electron chi connectivity index (χ4n) is 4.70. The zero-order chi connectivity index (χ0) is 17.7. The summed E-state index contributed by atoms with van der Waals surface area (Å²) in [4.78, 5) is 12.3. The Balaban J connectivity index is 1.92. The van der Waals surface area contributed by atoms with E-state index in [2.05, 4.69) is 32.6 Å². The van der Waals surface area contributed by atoms with Crippen LogP contribution in [0.1, 0.15) is 78.6 Å². The first-order valence-electron chi connectivity index (χ1n) is 9.84. The van der Waals surface area contributed by atoms with Gasteiger partial charge in [0.1, 0.15) is 11.9 Å². The van der Waals surface area contributed by atoms with Crippen LogP contribution in [-0.4, -0.2) is 28.2 Å². The van der Waals surface area contributed by atoms with Crippen LogP contribution in [0, 0.1) is 35.0 Å². The van der Waals surface area contributed by atoms with Crippen LogP contribution in [0.4, 0.5) is 0 Å². The molecule has 0 radical (unpaired) electrons. The number of Topliss-reactive ketones (excluding diaryl/α,β-unsaturated/α-hetero) is 1. The van der Waals surface area contributed by atoms with Crippen molar-refractivity contribution in [2.45, 2.75) is 90.8 Å². The van der Waals surface area contributed by atoms with Gasteiger partial charge >= 0.3 is 0 Å². The first-order valence-corrected chi connectivity index (χ1v) is 9.84. The van der Waals surface area contributed by atoms with Gasteiger partial charge in [0.2, 0.25) is 0 Å². The Morgan fingerprint density at radius 2 is 1.96 bits per heavy atom. The molecule has 0 aromatic carbocycles. The van der Waals surface area contributed by atoms with Gasteiger partial charge in [-0.05, 0) is 37.5 Å². The molecule has 0 aromatic rings. The third-order valence-corrected chi connectivity index (χ3v) is 6.32. The second kappa shape index (κ2) is 8.50. The van der Waals surface area contributed by atoms with Crippen LogP contribution in [0.5, 0.6) is 0 Å². The van der Waals surface area contributed by atoms with E-state index in [-0.39, 0.29) is 17.3 Å². The Kier molecular flexibility index (Phi) is 6.89. The number of unbranched alkanes of at least 4 members (excludes halogenated alkanes) is 4. The molecule has 2 fully saturated rings. The minimum atomic E-state index is -0.606. The molecule has 136 valence electrons. The monoisotopic (exact) mass is 334 g/mol. The van der Waals surface area contributed by atoms with E-state index in [1.165, 1.54) is 19.3 Å². The maximum atomic E-state index is 12.3. The second-order valence-corrected chi connectivity index (χ2v) is 8.07. The van der Waals surface area contributed by atoms with E-state index < -0.39 is 12.2 Å². The van der Waals surface area contributed by atoms with Gasteiger partial charge in [0.05, 0.1) is 12.0 Å². The molecular weight excluding hydrogens is 300 g/mol. The van der Waals surface area contributed by atoms with Crippen LogP contribution in [0.3, 0.4) is 0 Å². The summed E-state index contributed by atoms with van der Waals surface area (Å²) in [7, 11) is 0. The number of hydrogen-bond donors (Lipinski definition) is 2. The SMILES string of the molecule is CCCCCCC[C@H](O)C#C[C@H]1[C@H](O)CC[C@]2(C(C)C)C(=O)C[C@H]12. The van der Waals surface area contributed by atoms with Gasteiger partial charge in [-0.25, -0.2) is 0 Å². The highest BCUT2D eigenvalue weighted by Gasteiger charge is 2.61. The van der Waals surface area contributed by atoms with Crippen molar-refractivity contribution in [3.8, 4) is 11.8 Å². The number of aliphatic hydroxyl groups excluding tert-OH is 2. The standard InChI is InChI=1S/C21H34O3/c1-4-5-6-7-8-9-16(22)10-11-17-18-14-20(24)21(18,15(2)3)13-12-19(17)23/h15-19,22-23H,4-9,12-14H2,1-3H3/t16-,17+,18+,19+,21+/m0/s1. The molecule has 0 saturated heterocycles. The number of hydrogen-bond acceptors (Lipinski definition) is 3. The largest absolute Gasteiger partial charge is 0.392 e. The highest BCUT2D eigenvalue weighted by atomic mass is 16.3. The number of aliphatic hydroxyl groups is 2. The number of carbonyl (C=O) groups excluding carboxylic acids is 1. The Morgan fingerprint density at radius 1 is 1.25 bits per heavy atom. The summed E-state index contributed by atoms with van der Waals surface area (Å²) in [5.41, 5.74) is -0.274. The minimum Gasteiger partial charge on any atom is -0.392 e. The quantitative estimate of drug-likeness (QED) is 0.551. The highest BCUT2D eigenvalue weighted by molar-refractivity contribution is 5.92. The summed E-state index contributed by atoms with van der Waals surface area (Å²) in [6, 6.07) is 0. The van der Waals surface area contributed by atoms with E-state index in [9.17, 15) is 15.0 Å². The van der Waals surface area contributed by atoms with E-state index in [1.807, 2.05) is 0 Å². The zero-order valence-electron chi connectivity index (χ0n) is 15.6. The van der Waals surface area contributed by atoms with Crippen molar-refractivity contribution >= 4 is 5.78 Å². The van der Waals surface area contributed by atoms with E-state index in [1.54, 1.807) is 0 Å². The minimum absolute atomic E-state index is 0.159. The molecule has 2 rings (SSSR count). The van der Waals surface area contributed by atoms with Crippen molar-refractivity contribution in [2.75, 3.05) is 0 Å². The molecule has 0 unspecified atom stereocenters. The molecule has 0 bridgehead atoms. The molecule has 2 aliphatic carbocycles. The van der Waals surface area contributed by atoms with Gasteiger partial charge < -0.3 is 10.2 Å². The third kappa shape index (κ3) is 3.86. The summed E-state index contributed by atoms with van der Waals surface area (Å²) in [5, 5.41) is 20.5. The maximum Gasteiger partial charge on any atom is 0.139 e. The lowest BCUT2D eigenvalue weighted by molar-refractivity contribution is -0.167. The average Bonchev–Trinajstić information content (AvgIpc) is 2.53. The Morgan fingerprint density at radius 3 is 2.58 bits per heavy atom. The molecule has 3 heteroatoms. The van der Waals surface area contributed by atoms with Gasteiger partial charge in [0, 0.05) is 11.8 Å². The second-order valence-electron chi connectivity index (χ2n) is 8.07. The van der Waals surface area contributed by atoms with Gasteiger partial charge in [0.25, 0.3) is 0 Å². The van der Waals surface area contributed by atoms with Gasteiger partial charge in [-0.1, -0.05) is 58.3 Å². The number of fused-ring (bicyclic) bond motifs is 1. The van der Waals surface area contributed by atoms with Crippen molar-refractivity contribution in [1.82, 2.24) is 0 Å². The predicted octanol–water partition coefficient (Wildman–Crippen LogP) is 3.71. The molecule has 5 atom stereocenters. The van der Waals surface area contributed by atoms with Gasteiger partial charge in [0.15, 0.2) is 0 Å². The fraction of sp³-hybridized carbons (Fsp3) is 0.857. The van der Waals surface area contributed by atoms with Crippen LogP contribution >= 0.6 is 0 Å². The topological polar surface area (TPSA) is 57.5 Å². The summed E-state index contributed by atoms with van der Waals surface area (Å²) in [5.74, 6) is 6.76. The molecular formula is C21H34O3. The summed E-state index contributed by atoms with van der Waals surface area (Å²) in [6.45, 7) is 6.41. The maximum absolute atomic E-state index is 12.3. The first kappa shape index (κ1) is 19.5. The van der Waals surface area contributed by atoms with Crippen LogP contribution in [0.2, 0.25) is 0 Å². The third-order valence-electron chi connectivity index (χ3n) is 6.32. The predicted molar refractivity (Wildman–Crippen MR) is 96.3 cm³/mol. The Hall–Kier alpha value is -0.850. The smallest absolute Gasteiger partial charge is 0.139 e. The molecule has 0 aliphatic heterocycles. The number of rotatable bonds is 7. The molecule has 0 amide bonds. The molecule has 0 spiro atoms. The number of carbonyl (C=O) groups is 1. The summed E-state index contributed by atoms with van der Waals surface area (Å²) in [6.07, 6.45) is 7.46. The Bertz CT molecular complexity index is 487. The molecule has 0 heterocycles. The van der Waals surface area contributed by atoms with Crippen molar-refractivity contribution in [2.24, 2.45) is 23.2 Å². The van der Waals surface area contributed by atoms with Crippen molar-refractivity contribution < 1.29 is 15.0 Å². The Labute approximate surface area is 147 Å². The lowest BCUT2D eigenvalue weighted by Gasteiger charge is -2.57. The molecule has 3 nitrogen and oxygen atoms in total. The van der Waals surface area contributed by atoms with Crippen LogP contribution in [-0.2, 0) is 4.79 Å². The molecule has 2 saturated carbocycles. The lowest BCUT2D eigenvalue weighted by atomic mass is 9.45. The van der Waals surface area contributed by atoms with E-state index in [0.29, 0.717) is 31.0 Å². The van der Waals surface area contributed by atoms with Crippen molar-refractivity contribution in [3.05, 3.63) is 0 Å². The van der Waals surface area contributed by atoms with Crippen LogP contribution in [0.15, 0.2) is 0 Å². The first-order chi connectivity index (χ1) is 11.4. The van der Waals surface area contributed by atoms with E-state index in [4.69, 9.17) is 0 Å². The van der Waals surface area contributed by atoms with Gasteiger partial charge in [-0.3, -0.25) is 4.79 Å². The molecule has 0 aromatic heterocycles. The highest BCUT2D eigenvalue weighted by Crippen LogP contribution is 2.59.